The summed E-state index contributed by atoms with van der Waals surface area (Å²) in [5, 5.41) is 3.96. The Morgan fingerprint density at radius 1 is 1.26 bits per heavy atom. The van der Waals surface area contributed by atoms with Crippen LogP contribution in [0.15, 0.2) is 59.7 Å². The van der Waals surface area contributed by atoms with Gasteiger partial charge in [0.15, 0.2) is 0 Å². The summed E-state index contributed by atoms with van der Waals surface area (Å²) in [6, 6.07) is 12.3. The number of nitrogens with two attached hydrogens (primary N) is 1. The Morgan fingerprint density at radius 3 is 2.79 bits per heavy atom. The van der Waals surface area contributed by atoms with E-state index in [1.807, 2.05) is 42.3 Å². The molecule has 0 spiro atoms. The molecule has 3 rings (SSSR count). The predicted octanol–water partition coefficient (Wildman–Crippen LogP) is 4.73. The zero-order valence-electron chi connectivity index (χ0n) is 21.8. The van der Waals surface area contributed by atoms with Crippen LogP contribution >= 0.6 is 11.6 Å². The van der Waals surface area contributed by atoms with Crippen molar-refractivity contribution < 1.29 is 18.7 Å². The van der Waals surface area contributed by atoms with E-state index in [1.165, 1.54) is 6.07 Å². The van der Waals surface area contributed by atoms with E-state index in [-0.39, 0.29) is 11.6 Å². The number of nitrogens with one attached hydrogen (secondary N) is 1. The molecule has 1 heterocycles. The molecule has 202 valence electrons. The summed E-state index contributed by atoms with van der Waals surface area (Å²) in [5.41, 5.74) is 11.0. The number of benzene rings is 2. The molecule has 0 amide bonds. The lowest BCUT2D eigenvalue weighted by Crippen LogP contribution is -2.21. The van der Waals surface area contributed by atoms with Crippen molar-refractivity contribution in [2.75, 3.05) is 51.9 Å². The monoisotopic (exact) mass is 541 g/mol. The van der Waals surface area contributed by atoms with Gasteiger partial charge in [-0.1, -0.05) is 17.7 Å². The van der Waals surface area contributed by atoms with E-state index in [2.05, 4.69) is 15.3 Å². The molecule has 0 saturated heterocycles. The molecule has 0 saturated carbocycles. The second-order valence-electron chi connectivity index (χ2n) is 8.37. The van der Waals surface area contributed by atoms with Crippen molar-refractivity contribution in [3.63, 3.8) is 0 Å². The fourth-order valence-electron chi connectivity index (χ4n) is 3.91. The maximum atomic E-state index is 14.0. The summed E-state index contributed by atoms with van der Waals surface area (Å²) >= 11 is 6.14. The molecule has 0 atom stereocenters. The minimum Gasteiger partial charge on any atom is -0.464 e. The van der Waals surface area contributed by atoms with Crippen LogP contribution in [0.2, 0.25) is 5.02 Å². The summed E-state index contributed by atoms with van der Waals surface area (Å²) in [4.78, 5) is 22.4. The van der Waals surface area contributed by atoms with Crippen LogP contribution in [0.25, 0.3) is 16.6 Å². The quantitative estimate of drug-likeness (QED) is 0.183. The number of aromatic nitrogens is 1. The van der Waals surface area contributed by atoms with Crippen molar-refractivity contribution in [2.45, 2.75) is 13.3 Å². The molecule has 1 aromatic heterocycles. The Hall–Kier alpha value is -3.53. The molecular weight excluding hydrogens is 509 g/mol. The number of carbonyl (C=O) groups is 1. The standard InChI is InChI=1S/C28H33ClFN5O3/c1-4-38-28(36)18-37-13-5-12-35(21-7-8-24(30)23(29)16-21)27-10-11-34-26-9-6-19(14-22(26)27)25(31)15-20(33-3)17-32-2/h6-11,14-16,32H,4-5,12-13,17-18,31H2,1-3H3/b25-15-,33-20?. The lowest BCUT2D eigenvalue weighted by atomic mass is 10.0. The summed E-state index contributed by atoms with van der Waals surface area (Å²) in [5.74, 6) is -0.901. The molecule has 38 heavy (non-hydrogen) atoms. The van der Waals surface area contributed by atoms with Gasteiger partial charge < -0.3 is 25.4 Å². The molecule has 0 aliphatic rings. The molecule has 2 aromatic carbocycles. The summed E-state index contributed by atoms with van der Waals surface area (Å²) in [7, 11) is 3.57. The summed E-state index contributed by atoms with van der Waals surface area (Å²) in [6.07, 6.45) is 4.15. The Morgan fingerprint density at radius 2 is 2.08 bits per heavy atom. The number of esters is 1. The number of ether oxygens (including phenoxy) is 2. The molecule has 10 heteroatoms. The van der Waals surface area contributed by atoms with Crippen LogP contribution < -0.4 is 16.0 Å². The van der Waals surface area contributed by atoms with Gasteiger partial charge in [0.2, 0.25) is 0 Å². The van der Waals surface area contributed by atoms with Crippen molar-refractivity contribution in [3.05, 3.63) is 71.1 Å². The number of carbonyl (C=O) groups excluding carboxylic acids is 1. The van der Waals surface area contributed by atoms with Gasteiger partial charge in [-0.3, -0.25) is 9.98 Å². The number of aliphatic imine (C=N–C) groups is 1. The number of fused-ring (bicyclic) bond motifs is 1. The number of halogens is 2. The maximum absolute atomic E-state index is 14.0. The molecule has 0 aliphatic carbocycles. The molecule has 0 aliphatic heterocycles. The van der Waals surface area contributed by atoms with Crippen LogP contribution in [-0.2, 0) is 14.3 Å². The highest BCUT2D eigenvalue weighted by atomic mass is 35.5. The van der Waals surface area contributed by atoms with Crippen molar-refractivity contribution >= 4 is 51.3 Å². The lowest BCUT2D eigenvalue weighted by molar-refractivity contribution is -0.148. The van der Waals surface area contributed by atoms with E-state index in [0.717, 1.165) is 27.9 Å². The first-order valence-electron chi connectivity index (χ1n) is 12.3. The zero-order chi connectivity index (χ0) is 27.5. The van der Waals surface area contributed by atoms with Gasteiger partial charge in [0.25, 0.3) is 0 Å². The average Bonchev–Trinajstić information content (AvgIpc) is 2.91. The van der Waals surface area contributed by atoms with E-state index >= 15 is 0 Å². The van der Waals surface area contributed by atoms with Crippen molar-refractivity contribution in [2.24, 2.45) is 10.7 Å². The number of hydrogen-bond acceptors (Lipinski definition) is 8. The molecule has 0 radical (unpaired) electrons. The first-order valence-corrected chi connectivity index (χ1v) is 12.7. The van der Waals surface area contributed by atoms with Crippen molar-refractivity contribution in [1.82, 2.24) is 10.3 Å². The smallest absolute Gasteiger partial charge is 0.332 e. The Bertz CT molecular complexity index is 1310. The van der Waals surface area contributed by atoms with Gasteiger partial charge in [0, 0.05) is 49.7 Å². The van der Waals surface area contributed by atoms with Crippen LogP contribution in [0, 0.1) is 5.82 Å². The molecule has 8 nitrogen and oxygen atoms in total. The third-order valence-corrected chi connectivity index (χ3v) is 6.01. The Kier molecular flexibility index (Phi) is 11.0. The van der Waals surface area contributed by atoms with Crippen LogP contribution in [0.1, 0.15) is 18.9 Å². The van der Waals surface area contributed by atoms with E-state index in [4.69, 9.17) is 26.8 Å². The Labute approximate surface area is 227 Å². The molecule has 0 fully saturated rings. The van der Waals surface area contributed by atoms with E-state index < -0.39 is 11.8 Å². The second-order valence-corrected chi connectivity index (χ2v) is 8.78. The van der Waals surface area contributed by atoms with Crippen LogP contribution in [0.3, 0.4) is 0 Å². The number of pyridine rings is 1. The molecule has 3 N–H and O–H groups in total. The highest BCUT2D eigenvalue weighted by Gasteiger charge is 2.16. The third-order valence-electron chi connectivity index (χ3n) is 5.72. The van der Waals surface area contributed by atoms with Crippen molar-refractivity contribution in [3.8, 4) is 0 Å². The van der Waals surface area contributed by atoms with Crippen LogP contribution in [0.4, 0.5) is 15.8 Å². The molecule has 3 aromatic rings. The maximum Gasteiger partial charge on any atom is 0.332 e. The van der Waals surface area contributed by atoms with E-state index in [0.29, 0.717) is 44.1 Å². The van der Waals surface area contributed by atoms with Crippen LogP contribution in [0.5, 0.6) is 0 Å². The van der Waals surface area contributed by atoms with Gasteiger partial charge in [-0.2, -0.15) is 0 Å². The fraction of sp³-hybridized carbons (Fsp3) is 0.321. The summed E-state index contributed by atoms with van der Waals surface area (Å²) < 4.78 is 24.4. The van der Waals surface area contributed by atoms with Gasteiger partial charge in [-0.25, -0.2) is 9.18 Å². The van der Waals surface area contributed by atoms with Crippen molar-refractivity contribution in [1.29, 1.82) is 0 Å². The van der Waals surface area contributed by atoms with Gasteiger partial charge in [-0.15, -0.1) is 0 Å². The Balaban J connectivity index is 1.96. The van der Waals surface area contributed by atoms with Crippen LogP contribution in [-0.4, -0.2) is 63.7 Å². The van der Waals surface area contributed by atoms with Gasteiger partial charge in [0.05, 0.1) is 28.5 Å². The highest BCUT2D eigenvalue weighted by molar-refractivity contribution is 6.31. The number of rotatable bonds is 13. The largest absolute Gasteiger partial charge is 0.464 e. The SMILES string of the molecule is CCOC(=O)COCCCN(c1ccc(F)c(Cl)c1)c1ccnc2ccc(/C(N)=C/C(CNC)=NC)cc12. The second kappa shape index (κ2) is 14.4. The lowest BCUT2D eigenvalue weighted by Gasteiger charge is -2.27. The number of nitrogens with zero attached hydrogens (tertiary/aromatic N) is 3. The topological polar surface area (TPSA) is 102 Å². The van der Waals surface area contributed by atoms with E-state index in [9.17, 15) is 9.18 Å². The normalized spacial score (nSPS) is 12.1. The summed E-state index contributed by atoms with van der Waals surface area (Å²) in [6.45, 7) is 3.37. The zero-order valence-corrected chi connectivity index (χ0v) is 22.6. The average molecular weight is 542 g/mol. The minimum absolute atomic E-state index is 0.0215. The predicted molar refractivity (Wildman–Crippen MR) is 152 cm³/mol. The fourth-order valence-corrected chi connectivity index (χ4v) is 4.08. The number of anilines is 2. The molecular formula is C28H33ClFN5O3. The van der Waals surface area contributed by atoms with Gasteiger partial charge >= 0.3 is 5.97 Å². The third kappa shape index (κ3) is 7.74. The van der Waals surface area contributed by atoms with Gasteiger partial charge in [-0.05, 0) is 68.4 Å². The number of hydrogen-bond donors (Lipinski definition) is 2. The minimum atomic E-state index is -0.497. The van der Waals surface area contributed by atoms with E-state index in [1.54, 1.807) is 32.3 Å². The highest BCUT2D eigenvalue weighted by Crippen LogP contribution is 2.34. The molecule has 0 bridgehead atoms. The van der Waals surface area contributed by atoms with Gasteiger partial charge in [0.1, 0.15) is 12.4 Å². The molecule has 0 unspecified atom stereocenters. The first-order chi connectivity index (χ1) is 18.4. The first kappa shape index (κ1) is 29.0.